The van der Waals surface area contributed by atoms with E-state index in [1.807, 2.05) is 30.3 Å². The number of anilines is 1. The number of amides is 1. The molecule has 0 radical (unpaired) electrons. The predicted octanol–water partition coefficient (Wildman–Crippen LogP) is 2.73. The zero-order valence-corrected chi connectivity index (χ0v) is 9.32. The van der Waals surface area contributed by atoms with Gasteiger partial charge in [0, 0.05) is 11.1 Å². The number of carbonyl (C=O) groups is 1. The van der Waals surface area contributed by atoms with Crippen LogP contribution in [0.2, 0.25) is 0 Å². The molecular weight excluding hydrogens is 224 g/mol. The van der Waals surface area contributed by atoms with Gasteiger partial charge in [-0.15, -0.1) is 0 Å². The van der Waals surface area contributed by atoms with Gasteiger partial charge in [0.05, 0.1) is 12.8 Å². The van der Waals surface area contributed by atoms with E-state index in [-0.39, 0.29) is 0 Å². The second kappa shape index (κ2) is 4.29. The minimum atomic E-state index is -0.500. The van der Waals surface area contributed by atoms with E-state index in [0.29, 0.717) is 4.91 Å². The number of fused-ring (bicyclic) bond motifs is 1. The highest BCUT2D eigenvalue weighted by atomic mass is 32.2. The number of allylic oxidation sites excluding steroid dienone is 1. The average Bonchev–Trinajstić information content (AvgIpc) is 2.36. The van der Waals surface area contributed by atoms with Crippen LogP contribution in [0.15, 0.2) is 40.3 Å². The first-order valence-corrected chi connectivity index (χ1v) is 5.34. The van der Waals surface area contributed by atoms with Crippen LogP contribution in [-0.2, 0) is 4.74 Å². The van der Waals surface area contributed by atoms with Crippen LogP contribution in [0.4, 0.5) is 10.5 Å². The second-order valence-electron chi connectivity index (χ2n) is 3.01. The van der Waals surface area contributed by atoms with Crippen LogP contribution >= 0.6 is 11.8 Å². The van der Waals surface area contributed by atoms with Gasteiger partial charge in [0.25, 0.3) is 0 Å². The molecule has 1 aliphatic heterocycles. The molecule has 1 amide bonds. The van der Waals surface area contributed by atoms with Gasteiger partial charge in [-0.1, -0.05) is 23.9 Å². The summed E-state index contributed by atoms with van der Waals surface area (Å²) in [6, 6.07) is 9.40. The Kier molecular flexibility index (Phi) is 2.84. The van der Waals surface area contributed by atoms with Crippen LogP contribution in [0.5, 0.6) is 0 Å². The fourth-order valence-electron chi connectivity index (χ4n) is 1.38. The van der Waals surface area contributed by atoms with Gasteiger partial charge in [-0.05, 0) is 12.1 Å². The van der Waals surface area contributed by atoms with E-state index in [1.54, 1.807) is 0 Å². The van der Waals surface area contributed by atoms with Gasteiger partial charge in [0.15, 0.2) is 0 Å². The maximum atomic E-state index is 11.5. The molecule has 1 aromatic rings. The second-order valence-corrected chi connectivity index (χ2v) is 4.10. The molecule has 0 saturated heterocycles. The first-order valence-electron chi connectivity index (χ1n) is 4.52. The summed E-state index contributed by atoms with van der Waals surface area (Å²) in [4.78, 5) is 14.2. The number of nitrogens with zero attached hydrogens (tertiary/aromatic N) is 2. The summed E-state index contributed by atoms with van der Waals surface area (Å²) in [5.41, 5.74) is 0.735. The van der Waals surface area contributed by atoms with Crippen LogP contribution in [0, 0.1) is 11.3 Å². The molecule has 4 nitrogen and oxygen atoms in total. The number of ether oxygens (including phenoxy) is 1. The Hall–Kier alpha value is -1.93. The third-order valence-corrected chi connectivity index (χ3v) is 3.05. The van der Waals surface area contributed by atoms with Gasteiger partial charge in [-0.2, -0.15) is 5.26 Å². The molecule has 0 aliphatic carbocycles. The first kappa shape index (κ1) is 10.6. The number of benzene rings is 1. The molecular formula is C11H8N2O2S. The quantitative estimate of drug-likeness (QED) is 0.690. The number of methoxy groups -OCH3 is 1. The predicted molar refractivity (Wildman–Crippen MR) is 60.9 cm³/mol. The Morgan fingerprint density at radius 2 is 2.25 bits per heavy atom. The largest absolute Gasteiger partial charge is 0.452 e. The minimum Gasteiger partial charge on any atom is -0.452 e. The maximum Gasteiger partial charge on any atom is 0.418 e. The number of rotatable bonds is 0. The Labute approximate surface area is 97.1 Å². The van der Waals surface area contributed by atoms with Crippen LogP contribution in [0.25, 0.3) is 0 Å². The van der Waals surface area contributed by atoms with Gasteiger partial charge in [0.2, 0.25) is 0 Å². The molecule has 2 rings (SSSR count). The van der Waals surface area contributed by atoms with Gasteiger partial charge < -0.3 is 4.74 Å². The number of para-hydroxylation sites is 1. The summed E-state index contributed by atoms with van der Waals surface area (Å²) in [5.74, 6) is 0. The highest BCUT2D eigenvalue weighted by molar-refractivity contribution is 8.03. The molecule has 1 heterocycles. The lowest BCUT2D eigenvalue weighted by Crippen LogP contribution is -2.27. The van der Waals surface area contributed by atoms with Crippen molar-refractivity contribution >= 4 is 23.5 Å². The summed E-state index contributed by atoms with van der Waals surface area (Å²) in [6.07, 6.45) is 0.985. The molecule has 0 spiro atoms. The first-order chi connectivity index (χ1) is 7.76. The zero-order valence-electron chi connectivity index (χ0n) is 8.51. The number of hydrogen-bond acceptors (Lipinski definition) is 4. The van der Waals surface area contributed by atoms with Crippen LogP contribution in [0.3, 0.4) is 0 Å². The van der Waals surface area contributed by atoms with E-state index in [9.17, 15) is 4.79 Å². The van der Waals surface area contributed by atoms with E-state index >= 15 is 0 Å². The van der Waals surface area contributed by atoms with Crippen molar-refractivity contribution in [3.8, 4) is 6.07 Å². The van der Waals surface area contributed by atoms with Crippen LogP contribution < -0.4 is 4.90 Å². The van der Waals surface area contributed by atoms with Gasteiger partial charge in [-0.25, -0.2) is 4.79 Å². The number of carbonyl (C=O) groups excluding carboxylic acids is 1. The van der Waals surface area contributed by atoms with E-state index in [1.165, 1.54) is 30.0 Å². The summed E-state index contributed by atoms with van der Waals surface area (Å²) >= 11 is 1.34. The monoisotopic (exact) mass is 232 g/mol. The zero-order chi connectivity index (χ0) is 11.5. The van der Waals surface area contributed by atoms with Crippen molar-refractivity contribution in [1.29, 1.82) is 5.26 Å². The lowest BCUT2D eigenvalue weighted by Gasteiger charge is -2.23. The van der Waals surface area contributed by atoms with E-state index < -0.39 is 6.09 Å². The highest BCUT2D eigenvalue weighted by Gasteiger charge is 2.23. The van der Waals surface area contributed by atoms with Crippen molar-refractivity contribution in [2.45, 2.75) is 4.90 Å². The molecule has 1 aromatic carbocycles. The lowest BCUT2D eigenvalue weighted by atomic mass is 10.3. The summed E-state index contributed by atoms with van der Waals surface area (Å²) in [7, 11) is 1.31. The Bertz CT molecular complexity index is 505. The van der Waals surface area contributed by atoms with Gasteiger partial charge in [0.1, 0.15) is 11.0 Å². The standard InChI is InChI=1S/C11H8N2O2S/c1-15-11(14)13-7-8(6-12)16-10-5-3-2-4-9(10)13/h2-5,7H,1H3. The SMILES string of the molecule is COC(=O)N1C=C(C#N)Sc2ccccc21. The third kappa shape index (κ3) is 1.75. The fourth-order valence-corrected chi connectivity index (χ4v) is 2.23. The average molecular weight is 232 g/mol. The molecule has 0 atom stereocenters. The molecule has 0 saturated carbocycles. The molecule has 0 fully saturated rings. The van der Waals surface area contributed by atoms with Crippen molar-refractivity contribution < 1.29 is 9.53 Å². The van der Waals surface area contributed by atoms with E-state index in [4.69, 9.17) is 5.26 Å². The molecule has 0 bridgehead atoms. The molecule has 0 N–H and O–H groups in total. The Morgan fingerprint density at radius 1 is 1.50 bits per heavy atom. The molecule has 0 aromatic heterocycles. The molecule has 1 aliphatic rings. The maximum absolute atomic E-state index is 11.5. The van der Waals surface area contributed by atoms with Crippen LogP contribution in [0.1, 0.15) is 0 Å². The Morgan fingerprint density at radius 3 is 2.94 bits per heavy atom. The number of hydrogen-bond donors (Lipinski definition) is 0. The number of thioether (sulfide) groups is 1. The minimum absolute atomic E-state index is 0.462. The molecule has 5 heteroatoms. The van der Waals surface area contributed by atoms with Crippen molar-refractivity contribution in [3.63, 3.8) is 0 Å². The van der Waals surface area contributed by atoms with Crippen molar-refractivity contribution in [2.24, 2.45) is 0 Å². The third-order valence-electron chi connectivity index (χ3n) is 2.07. The van der Waals surface area contributed by atoms with E-state index in [2.05, 4.69) is 4.74 Å². The summed E-state index contributed by atoms with van der Waals surface area (Å²) in [6.45, 7) is 0. The van der Waals surface area contributed by atoms with E-state index in [0.717, 1.165) is 10.6 Å². The van der Waals surface area contributed by atoms with Gasteiger partial charge >= 0.3 is 6.09 Å². The highest BCUT2D eigenvalue weighted by Crippen LogP contribution is 2.39. The topological polar surface area (TPSA) is 53.3 Å². The molecule has 16 heavy (non-hydrogen) atoms. The lowest BCUT2D eigenvalue weighted by molar-refractivity contribution is 0.181. The van der Waals surface area contributed by atoms with Crippen molar-refractivity contribution in [3.05, 3.63) is 35.4 Å². The van der Waals surface area contributed by atoms with Crippen LogP contribution in [-0.4, -0.2) is 13.2 Å². The molecule has 80 valence electrons. The van der Waals surface area contributed by atoms with Crippen molar-refractivity contribution in [2.75, 3.05) is 12.0 Å². The van der Waals surface area contributed by atoms with Crippen molar-refractivity contribution in [1.82, 2.24) is 0 Å². The normalized spacial score (nSPS) is 13.5. The summed E-state index contributed by atoms with van der Waals surface area (Å²) < 4.78 is 4.66. The van der Waals surface area contributed by atoms with Gasteiger partial charge in [-0.3, -0.25) is 4.90 Å². The number of nitriles is 1. The molecule has 0 unspecified atom stereocenters. The Balaban J connectivity index is 2.48. The smallest absolute Gasteiger partial charge is 0.418 e. The fraction of sp³-hybridized carbons (Fsp3) is 0.0909. The summed E-state index contributed by atoms with van der Waals surface area (Å²) in [5, 5.41) is 8.87.